The van der Waals surface area contributed by atoms with E-state index in [1.165, 1.54) is 18.4 Å². The molecule has 1 aliphatic rings. The molecule has 1 aromatic heterocycles. The summed E-state index contributed by atoms with van der Waals surface area (Å²) < 4.78 is 5.26. The maximum Gasteiger partial charge on any atom is 0.183 e. The summed E-state index contributed by atoms with van der Waals surface area (Å²) in [6, 6.07) is 16.9. The van der Waals surface area contributed by atoms with E-state index < -0.39 is 0 Å². The van der Waals surface area contributed by atoms with E-state index in [-0.39, 0.29) is 5.78 Å². The number of aromatic nitrogens is 1. The molecule has 0 spiro atoms. The molecule has 29 heavy (non-hydrogen) atoms. The van der Waals surface area contributed by atoms with Crippen LogP contribution >= 0.6 is 0 Å². The minimum atomic E-state index is 0.0984. The Bertz CT molecular complexity index is 997. The number of fused-ring (bicyclic) bond motifs is 1. The Morgan fingerprint density at radius 1 is 1.14 bits per heavy atom. The van der Waals surface area contributed by atoms with Gasteiger partial charge in [-0.15, -0.1) is 0 Å². The molecule has 0 bridgehead atoms. The lowest BCUT2D eigenvalue weighted by Gasteiger charge is -2.34. The summed E-state index contributed by atoms with van der Waals surface area (Å²) in [6.07, 6.45) is 2.77. The molecule has 0 aliphatic carbocycles. The zero-order valence-electron chi connectivity index (χ0n) is 17.6. The first-order valence-electron chi connectivity index (χ1n) is 10.6. The summed E-state index contributed by atoms with van der Waals surface area (Å²) >= 11 is 0. The molecule has 2 heterocycles. The smallest absolute Gasteiger partial charge is 0.183 e. The number of likely N-dealkylation sites (tertiary alicyclic amines) is 1. The van der Waals surface area contributed by atoms with Gasteiger partial charge in [0.25, 0.3) is 0 Å². The van der Waals surface area contributed by atoms with Crippen molar-refractivity contribution >= 4 is 16.7 Å². The van der Waals surface area contributed by atoms with Crippen LogP contribution in [-0.4, -0.2) is 41.9 Å². The van der Waals surface area contributed by atoms with Crippen molar-refractivity contribution in [3.63, 3.8) is 0 Å². The van der Waals surface area contributed by atoms with Crippen LogP contribution in [0, 0.1) is 0 Å². The van der Waals surface area contributed by atoms with Gasteiger partial charge in [0.05, 0.1) is 12.8 Å². The van der Waals surface area contributed by atoms with Crippen LogP contribution in [0.4, 0.5) is 0 Å². The summed E-state index contributed by atoms with van der Waals surface area (Å²) in [5, 5.41) is 1.13. The predicted octanol–water partition coefficient (Wildman–Crippen LogP) is 5.19. The Kier molecular flexibility index (Phi) is 5.72. The normalized spacial score (nSPS) is 15.9. The molecule has 152 valence electrons. The van der Waals surface area contributed by atoms with Crippen molar-refractivity contribution in [2.75, 3.05) is 20.2 Å². The highest BCUT2D eigenvalue weighted by Crippen LogP contribution is 2.31. The van der Waals surface area contributed by atoms with Crippen molar-refractivity contribution in [2.45, 2.75) is 45.1 Å². The molecule has 4 nitrogen and oxygen atoms in total. The number of hydrogen-bond donors (Lipinski definition) is 1. The van der Waals surface area contributed by atoms with Crippen LogP contribution < -0.4 is 4.74 Å². The van der Waals surface area contributed by atoms with Crippen LogP contribution in [0.25, 0.3) is 10.9 Å². The van der Waals surface area contributed by atoms with Crippen molar-refractivity contribution in [1.82, 2.24) is 9.88 Å². The third-order valence-corrected chi connectivity index (χ3v) is 6.18. The molecule has 0 atom stereocenters. The fraction of sp³-hybridized carbons (Fsp3) is 0.400. The number of hydrogen-bond acceptors (Lipinski definition) is 3. The number of nitrogens with zero attached hydrogens (tertiary/aromatic N) is 1. The maximum absolute atomic E-state index is 12.8. The van der Waals surface area contributed by atoms with Crippen molar-refractivity contribution in [1.29, 1.82) is 0 Å². The van der Waals surface area contributed by atoms with Crippen LogP contribution in [0.1, 0.15) is 54.2 Å². The van der Waals surface area contributed by atoms with Crippen molar-refractivity contribution in [3.05, 3.63) is 65.4 Å². The van der Waals surface area contributed by atoms with E-state index >= 15 is 0 Å². The van der Waals surface area contributed by atoms with Crippen LogP contribution in [0.5, 0.6) is 5.75 Å². The van der Waals surface area contributed by atoms with Gasteiger partial charge < -0.3 is 14.6 Å². The fourth-order valence-electron chi connectivity index (χ4n) is 4.37. The highest BCUT2D eigenvalue weighted by molar-refractivity contribution is 6.00. The number of benzene rings is 2. The van der Waals surface area contributed by atoms with Crippen LogP contribution in [0.15, 0.2) is 48.5 Å². The summed E-state index contributed by atoms with van der Waals surface area (Å²) in [5.41, 5.74) is 4.06. The summed E-state index contributed by atoms with van der Waals surface area (Å²) in [4.78, 5) is 18.7. The van der Waals surface area contributed by atoms with Gasteiger partial charge in [-0.25, -0.2) is 0 Å². The predicted molar refractivity (Wildman–Crippen MR) is 118 cm³/mol. The molecular weight excluding hydrogens is 360 g/mol. The second-order valence-electron chi connectivity index (χ2n) is 8.39. The van der Waals surface area contributed by atoms with E-state index in [2.05, 4.69) is 41.9 Å². The Labute approximate surface area is 172 Å². The van der Waals surface area contributed by atoms with E-state index in [1.807, 2.05) is 30.3 Å². The van der Waals surface area contributed by atoms with Crippen LogP contribution in [0.2, 0.25) is 0 Å². The molecule has 0 saturated carbocycles. The molecule has 0 amide bonds. The highest BCUT2D eigenvalue weighted by atomic mass is 16.5. The number of carbonyl (C=O) groups is 1. The van der Waals surface area contributed by atoms with Crippen molar-refractivity contribution in [3.8, 4) is 5.75 Å². The molecule has 0 radical (unpaired) electrons. The van der Waals surface area contributed by atoms with Gasteiger partial charge in [0.1, 0.15) is 5.75 Å². The Morgan fingerprint density at radius 2 is 1.93 bits per heavy atom. The number of piperidine rings is 1. The Hall–Kier alpha value is -2.59. The number of H-pyrrole nitrogens is 1. The minimum absolute atomic E-state index is 0.0984. The monoisotopic (exact) mass is 390 g/mol. The molecule has 3 aromatic rings. The fourth-order valence-corrected chi connectivity index (χ4v) is 4.37. The number of rotatable bonds is 6. The second-order valence-corrected chi connectivity index (χ2v) is 8.39. The molecule has 2 aromatic carbocycles. The van der Waals surface area contributed by atoms with Gasteiger partial charge in [-0.1, -0.05) is 18.2 Å². The number of nitrogens with one attached hydrogen (secondary N) is 1. The quantitative estimate of drug-likeness (QED) is 0.589. The molecule has 1 aliphatic heterocycles. The van der Waals surface area contributed by atoms with Gasteiger partial charge in [-0.3, -0.25) is 4.79 Å². The van der Waals surface area contributed by atoms with Gasteiger partial charge in [0, 0.05) is 23.4 Å². The lowest BCUT2D eigenvalue weighted by atomic mass is 9.88. The Morgan fingerprint density at radius 3 is 2.66 bits per heavy atom. The summed E-state index contributed by atoms with van der Waals surface area (Å²) in [5.74, 6) is 1.49. The zero-order valence-corrected chi connectivity index (χ0v) is 17.6. The van der Waals surface area contributed by atoms with Gasteiger partial charge in [0.2, 0.25) is 0 Å². The first-order chi connectivity index (χ1) is 14.0. The molecule has 1 fully saturated rings. The number of ether oxygens (including phenoxy) is 1. The van der Waals surface area contributed by atoms with Gasteiger partial charge in [-0.2, -0.15) is 0 Å². The summed E-state index contributed by atoms with van der Waals surface area (Å²) in [7, 11) is 1.64. The van der Waals surface area contributed by atoms with Crippen LogP contribution in [0.3, 0.4) is 0 Å². The molecule has 1 N–H and O–H groups in total. The molecule has 0 unspecified atom stereocenters. The molecule has 1 saturated heterocycles. The van der Waals surface area contributed by atoms with E-state index in [9.17, 15) is 4.79 Å². The summed E-state index contributed by atoms with van der Waals surface area (Å²) in [6.45, 7) is 6.88. The van der Waals surface area contributed by atoms with E-state index in [0.29, 0.717) is 24.1 Å². The van der Waals surface area contributed by atoms with Crippen LogP contribution in [-0.2, 0) is 6.42 Å². The minimum Gasteiger partial charge on any atom is -0.497 e. The van der Waals surface area contributed by atoms with E-state index in [4.69, 9.17) is 4.74 Å². The SMILES string of the molecule is COc1cccc(CC(=O)c2cc3cc(C4CCN(C(C)C)CC4)ccc3[nH]2)c1. The molecule has 4 heteroatoms. The zero-order chi connectivity index (χ0) is 20.4. The first kappa shape index (κ1) is 19.7. The standard InChI is InChI=1S/C25H30N2O2/c1-17(2)27-11-9-19(10-12-27)20-7-8-23-21(15-20)16-24(26-23)25(28)14-18-5-4-6-22(13-18)29-3/h4-8,13,15-17,19,26H,9-12,14H2,1-3H3. The number of ketones is 1. The Balaban J connectivity index is 1.49. The number of aromatic amines is 1. The van der Waals surface area contributed by atoms with Crippen molar-refractivity contribution < 1.29 is 9.53 Å². The first-order valence-corrected chi connectivity index (χ1v) is 10.6. The average Bonchev–Trinajstić information content (AvgIpc) is 3.17. The lowest BCUT2D eigenvalue weighted by molar-refractivity contribution is 0.0989. The van der Waals surface area contributed by atoms with Gasteiger partial charge >= 0.3 is 0 Å². The van der Waals surface area contributed by atoms with Gasteiger partial charge in [-0.05, 0) is 87.2 Å². The van der Waals surface area contributed by atoms with Crippen molar-refractivity contribution in [2.24, 2.45) is 0 Å². The maximum atomic E-state index is 12.8. The van der Waals surface area contributed by atoms with Gasteiger partial charge in [0.15, 0.2) is 5.78 Å². The lowest BCUT2D eigenvalue weighted by Crippen LogP contribution is -2.37. The second kappa shape index (κ2) is 8.42. The van der Waals surface area contributed by atoms with E-state index in [1.54, 1.807) is 7.11 Å². The number of methoxy groups -OCH3 is 1. The van der Waals surface area contributed by atoms with E-state index in [0.717, 1.165) is 35.3 Å². The average molecular weight is 391 g/mol. The largest absolute Gasteiger partial charge is 0.497 e. The number of carbonyl (C=O) groups excluding carboxylic acids is 1. The molecular formula is C25H30N2O2. The number of Topliss-reactive ketones (excluding diaryl/α,β-unsaturated/α-hetero) is 1. The highest BCUT2D eigenvalue weighted by Gasteiger charge is 2.22. The third-order valence-electron chi connectivity index (χ3n) is 6.18. The topological polar surface area (TPSA) is 45.3 Å². The third kappa shape index (κ3) is 4.38. The molecule has 4 rings (SSSR count).